The molecule has 5 heteroatoms. The summed E-state index contributed by atoms with van der Waals surface area (Å²) in [6.07, 6.45) is 4.51. The lowest BCUT2D eigenvalue weighted by atomic mass is 9.94. The van der Waals surface area contributed by atoms with Gasteiger partial charge in [0.2, 0.25) is 0 Å². The van der Waals surface area contributed by atoms with Gasteiger partial charge in [-0.2, -0.15) is 0 Å². The van der Waals surface area contributed by atoms with Crippen molar-refractivity contribution in [1.82, 2.24) is 9.88 Å². The molecular formula is C19H21BrN2O2. The monoisotopic (exact) mass is 388 g/mol. The third-order valence-electron chi connectivity index (χ3n) is 4.54. The third-order valence-corrected chi connectivity index (χ3v) is 5.03. The van der Waals surface area contributed by atoms with Crippen LogP contribution >= 0.6 is 15.9 Å². The zero-order valence-electron chi connectivity index (χ0n) is 13.7. The fourth-order valence-electron chi connectivity index (χ4n) is 3.38. The van der Waals surface area contributed by atoms with E-state index in [9.17, 15) is 9.90 Å². The summed E-state index contributed by atoms with van der Waals surface area (Å²) in [4.78, 5) is 18.5. The highest BCUT2D eigenvalue weighted by Crippen LogP contribution is 2.34. The van der Waals surface area contributed by atoms with Crippen LogP contribution in [0.1, 0.15) is 42.1 Å². The lowest BCUT2D eigenvalue weighted by molar-refractivity contribution is -0.145. The fraction of sp³-hybridized carbons (Fsp3) is 0.368. The van der Waals surface area contributed by atoms with Gasteiger partial charge in [-0.1, -0.05) is 40.5 Å². The van der Waals surface area contributed by atoms with Crippen molar-refractivity contribution in [3.05, 3.63) is 63.9 Å². The Kier molecular flexibility index (Phi) is 5.31. The predicted molar refractivity (Wildman–Crippen MR) is 96.9 cm³/mol. The van der Waals surface area contributed by atoms with E-state index in [1.165, 1.54) is 0 Å². The van der Waals surface area contributed by atoms with Crippen LogP contribution in [-0.4, -0.2) is 33.5 Å². The highest BCUT2D eigenvalue weighted by molar-refractivity contribution is 9.10. The normalized spacial score (nSPS) is 19.8. The van der Waals surface area contributed by atoms with Gasteiger partial charge in [-0.15, -0.1) is 0 Å². The Balaban J connectivity index is 2.07. The van der Waals surface area contributed by atoms with E-state index in [2.05, 4.69) is 31.9 Å². The van der Waals surface area contributed by atoms with Crippen LogP contribution in [-0.2, 0) is 4.79 Å². The number of likely N-dealkylation sites (tertiary alicyclic amines) is 1. The largest absolute Gasteiger partial charge is 0.480 e. The van der Waals surface area contributed by atoms with Gasteiger partial charge in [-0.25, -0.2) is 0 Å². The molecule has 2 atom stereocenters. The minimum Gasteiger partial charge on any atom is -0.480 e. The number of pyridine rings is 1. The first-order valence-corrected chi connectivity index (χ1v) is 9.02. The Hall–Kier alpha value is -1.72. The van der Waals surface area contributed by atoms with E-state index in [1.807, 2.05) is 43.5 Å². The number of aliphatic carboxylic acids is 1. The van der Waals surface area contributed by atoms with Crippen molar-refractivity contribution in [2.45, 2.75) is 38.3 Å². The molecule has 2 aromatic rings. The van der Waals surface area contributed by atoms with E-state index in [1.54, 1.807) is 0 Å². The maximum atomic E-state index is 11.8. The molecule has 1 N–H and O–H groups in total. The number of rotatable bonds is 4. The van der Waals surface area contributed by atoms with Crippen molar-refractivity contribution < 1.29 is 9.90 Å². The van der Waals surface area contributed by atoms with Crippen molar-refractivity contribution in [2.24, 2.45) is 0 Å². The predicted octanol–water partition coefficient (Wildman–Crippen LogP) is 4.18. The molecule has 1 aromatic heterocycles. The van der Waals surface area contributed by atoms with Crippen LogP contribution in [0.25, 0.3) is 0 Å². The number of benzene rings is 1. The summed E-state index contributed by atoms with van der Waals surface area (Å²) < 4.78 is 0.987. The van der Waals surface area contributed by atoms with Crippen molar-refractivity contribution in [1.29, 1.82) is 0 Å². The summed E-state index contributed by atoms with van der Waals surface area (Å²) in [5, 5.41) is 9.68. The molecule has 1 saturated heterocycles. The summed E-state index contributed by atoms with van der Waals surface area (Å²) in [6, 6.07) is 11.5. The van der Waals surface area contributed by atoms with Gasteiger partial charge >= 0.3 is 5.97 Å². The number of halogens is 1. The first-order chi connectivity index (χ1) is 11.6. The van der Waals surface area contributed by atoms with Gasteiger partial charge in [-0.05, 0) is 55.6 Å². The van der Waals surface area contributed by atoms with Gasteiger partial charge in [0.15, 0.2) is 0 Å². The van der Waals surface area contributed by atoms with Gasteiger partial charge < -0.3 is 5.11 Å². The molecule has 0 aliphatic carbocycles. The average Bonchev–Trinajstić information content (AvgIpc) is 2.57. The van der Waals surface area contributed by atoms with E-state index in [0.717, 1.165) is 40.7 Å². The van der Waals surface area contributed by atoms with E-state index >= 15 is 0 Å². The van der Waals surface area contributed by atoms with Crippen molar-refractivity contribution >= 4 is 21.9 Å². The minimum atomic E-state index is -0.748. The second-order valence-corrected chi connectivity index (χ2v) is 7.22. The van der Waals surface area contributed by atoms with Crippen molar-refractivity contribution in [3.63, 3.8) is 0 Å². The highest BCUT2D eigenvalue weighted by Gasteiger charge is 2.35. The van der Waals surface area contributed by atoms with Gasteiger partial charge in [0.1, 0.15) is 6.04 Å². The van der Waals surface area contributed by atoms with Gasteiger partial charge in [0.25, 0.3) is 0 Å². The van der Waals surface area contributed by atoms with Crippen LogP contribution in [0.2, 0.25) is 0 Å². The third kappa shape index (κ3) is 3.68. The van der Waals surface area contributed by atoms with Gasteiger partial charge in [0, 0.05) is 10.7 Å². The minimum absolute atomic E-state index is 0.149. The van der Waals surface area contributed by atoms with Crippen molar-refractivity contribution in [2.75, 3.05) is 6.54 Å². The summed E-state index contributed by atoms with van der Waals surface area (Å²) in [7, 11) is 0. The number of hydrogen-bond donors (Lipinski definition) is 1. The van der Waals surface area contributed by atoms with E-state index in [0.29, 0.717) is 6.42 Å². The van der Waals surface area contributed by atoms with Crippen molar-refractivity contribution in [3.8, 4) is 0 Å². The molecule has 3 rings (SSSR count). The standard InChI is InChI=1S/C19H21BrN2O2/c1-13-8-9-16(21-12-13)18(14-5-4-6-15(20)11-14)22-10-3-2-7-17(22)19(23)24/h4-6,8-9,11-12,17-18H,2-3,7,10H2,1H3,(H,23,24). The second kappa shape index (κ2) is 7.45. The molecule has 1 aliphatic rings. The molecular weight excluding hydrogens is 368 g/mol. The Morgan fingerprint density at radius 3 is 2.83 bits per heavy atom. The van der Waals surface area contributed by atoms with Gasteiger partial charge in [0.05, 0.1) is 11.7 Å². The van der Waals surface area contributed by atoms with Gasteiger partial charge in [-0.3, -0.25) is 14.7 Å². The van der Waals surface area contributed by atoms with Crippen LogP contribution in [0.4, 0.5) is 0 Å². The lowest BCUT2D eigenvalue weighted by Gasteiger charge is -2.39. The quantitative estimate of drug-likeness (QED) is 0.853. The summed E-state index contributed by atoms with van der Waals surface area (Å²) in [5.74, 6) is -0.748. The highest BCUT2D eigenvalue weighted by atomic mass is 79.9. The molecule has 1 fully saturated rings. The van der Waals surface area contributed by atoms with E-state index in [-0.39, 0.29) is 6.04 Å². The zero-order chi connectivity index (χ0) is 17.1. The molecule has 0 amide bonds. The Morgan fingerprint density at radius 2 is 2.17 bits per heavy atom. The summed E-state index contributed by atoms with van der Waals surface area (Å²) >= 11 is 3.53. The number of carboxylic acid groups (broad SMARTS) is 1. The Morgan fingerprint density at radius 1 is 1.33 bits per heavy atom. The van der Waals surface area contributed by atoms with Crippen LogP contribution in [0, 0.1) is 6.92 Å². The molecule has 24 heavy (non-hydrogen) atoms. The van der Waals surface area contributed by atoms with E-state index < -0.39 is 12.0 Å². The topological polar surface area (TPSA) is 53.4 Å². The van der Waals surface area contributed by atoms with Crippen LogP contribution < -0.4 is 0 Å². The van der Waals surface area contributed by atoms with Crippen LogP contribution in [0.15, 0.2) is 47.1 Å². The smallest absolute Gasteiger partial charge is 0.320 e. The lowest BCUT2D eigenvalue weighted by Crippen LogP contribution is -2.47. The number of piperidine rings is 1. The Labute approximate surface area is 150 Å². The second-order valence-electron chi connectivity index (χ2n) is 6.31. The molecule has 126 valence electrons. The Bertz CT molecular complexity index is 718. The summed E-state index contributed by atoms with van der Waals surface area (Å²) in [6.45, 7) is 2.77. The number of carbonyl (C=O) groups is 1. The number of aromatic nitrogens is 1. The molecule has 0 radical (unpaired) electrons. The number of hydrogen-bond acceptors (Lipinski definition) is 3. The van der Waals surface area contributed by atoms with Crippen LogP contribution in [0.5, 0.6) is 0 Å². The zero-order valence-corrected chi connectivity index (χ0v) is 15.2. The molecule has 2 unspecified atom stereocenters. The number of carboxylic acids is 1. The first-order valence-electron chi connectivity index (χ1n) is 8.23. The molecule has 4 nitrogen and oxygen atoms in total. The van der Waals surface area contributed by atoms with Crippen LogP contribution in [0.3, 0.4) is 0 Å². The molecule has 0 bridgehead atoms. The molecule has 1 aromatic carbocycles. The number of aryl methyl sites for hydroxylation is 1. The molecule has 0 spiro atoms. The van der Waals surface area contributed by atoms with E-state index in [4.69, 9.17) is 0 Å². The maximum absolute atomic E-state index is 11.8. The SMILES string of the molecule is Cc1ccc(C(c2cccc(Br)c2)N2CCCCC2C(=O)O)nc1. The fourth-order valence-corrected chi connectivity index (χ4v) is 3.79. The number of nitrogens with zero attached hydrogens (tertiary/aromatic N) is 2. The molecule has 0 saturated carbocycles. The first kappa shape index (κ1) is 17.1. The molecule has 2 heterocycles. The maximum Gasteiger partial charge on any atom is 0.320 e. The summed E-state index contributed by atoms with van der Waals surface area (Å²) in [5.41, 5.74) is 3.06. The average molecular weight is 389 g/mol. The molecule has 1 aliphatic heterocycles.